The molecule has 0 heterocycles. The summed E-state index contributed by atoms with van der Waals surface area (Å²) in [6.07, 6.45) is 61.4. The smallest absolute Gasteiger partial charge is 0.00488 e. The maximum absolute atomic E-state index is 3.71. The van der Waals surface area contributed by atoms with Crippen molar-refractivity contribution < 1.29 is 0 Å². The van der Waals surface area contributed by atoms with Gasteiger partial charge in [0.1, 0.15) is 0 Å². The number of unbranched alkanes of at least 4 members (excludes halogenated alkanes) is 20. The summed E-state index contributed by atoms with van der Waals surface area (Å²) in [5.74, 6) is 0.967. The first-order valence-electron chi connectivity index (χ1n) is 21.2. The van der Waals surface area contributed by atoms with E-state index in [1.807, 2.05) is 0 Å². The molecular formula is C45H85N. The molecule has 0 aromatic carbocycles. The van der Waals surface area contributed by atoms with Crippen molar-refractivity contribution in [3.63, 3.8) is 0 Å². The predicted octanol–water partition coefficient (Wildman–Crippen LogP) is 15.6. The molecule has 270 valence electrons. The lowest BCUT2D eigenvalue weighted by molar-refractivity contribution is 0.368. The van der Waals surface area contributed by atoms with E-state index in [0.29, 0.717) is 0 Å². The minimum atomic E-state index is 0.967. The van der Waals surface area contributed by atoms with Crippen LogP contribution >= 0.6 is 0 Å². The summed E-state index contributed by atoms with van der Waals surface area (Å²) in [6, 6.07) is 0. The van der Waals surface area contributed by atoms with Gasteiger partial charge in [-0.2, -0.15) is 0 Å². The lowest BCUT2D eigenvalue weighted by Gasteiger charge is -2.17. The molecular weight excluding hydrogens is 555 g/mol. The number of rotatable bonds is 38. The van der Waals surface area contributed by atoms with Gasteiger partial charge in [-0.1, -0.05) is 185 Å². The van der Waals surface area contributed by atoms with E-state index in [2.05, 4.69) is 74.7 Å². The summed E-state index contributed by atoms with van der Waals surface area (Å²) in [4.78, 5) is 0. The summed E-state index contributed by atoms with van der Waals surface area (Å²) < 4.78 is 0. The standard InChI is InChI=1S/C45H85N/c1-4-7-10-12-14-16-18-20-22-24-26-28-30-32-34-36-40-45(42-39-44-46-43-38-9-6-3)41-37-35-33-31-29-27-25-23-21-19-17-15-13-11-8-5-2/h14-17,20-23,45-46H,4-13,18-19,24-44H2,1-3H3/b16-14-,17-15-,22-20-,23-21-. The molecule has 0 spiro atoms. The molecule has 0 saturated heterocycles. The van der Waals surface area contributed by atoms with Crippen molar-refractivity contribution in [3.8, 4) is 0 Å². The van der Waals surface area contributed by atoms with Gasteiger partial charge < -0.3 is 5.32 Å². The van der Waals surface area contributed by atoms with Crippen molar-refractivity contribution in [1.29, 1.82) is 0 Å². The first kappa shape index (κ1) is 44.9. The molecule has 0 aliphatic rings. The molecule has 0 fully saturated rings. The highest BCUT2D eigenvalue weighted by Crippen LogP contribution is 2.23. The van der Waals surface area contributed by atoms with E-state index in [9.17, 15) is 0 Å². The van der Waals surface area contributed by atoms with Crippen LogP contribution < -0.4 is 5.32 Å². The van der Waals surface area contributed by atoms with Crippen LogP contribution in [-0.4, -0.2) is 13.1 Å². The van der Waals surface area contributed by atoms with Gasteiger partial charge in [-0.05, 0) is 102 Å². The minimum Gasteiger partial charge on any atom is -0.317 e. The average Bonchev–Trinajstić information content (AvgIpc) is 3.07. The third kappa shape index (κ3) is 39.1. The maximum atomic E-state index is 3.71. The first-order chi connectivity index (χ1) is 22.8. The second-order valence-electron chi connectivity index (χ2n) is 14.2. The van der Waals surface area contributed by atoms with E-state index in [0.717, 1.165) is 18.8 Å². The van der Waals surface area contributed by atoms with Crippen LogP contribution in [0.2, 0.25) is 0 Å². The molecule has 0 radical (unpaired) electrons. The van der Waals surface area contributed by atoms with E-state index in [1.54, 1.807) is 0 Å². The molecule has 0 aliphatic heterocycles. The van der Waals surface area contributed by atoms with Crippen LogP contribution in [0.4, 0.5) is 0 Å². The lowest BCUT2D eigenvalue weighted by atomic mass is 9.90. The van der Waals surface area contributed by atoms with Crippen LogP contribution in [0.5, 0.6) is 0 Å². The Labute approximate surface area is 292 Å². The zero-order valence-corrected chi connectivity index (χ0v) is 32.0. The van der Waals surface area contributed by atoms with E-state index >= 15 is 0 Å². The van der Waals surface area contributed by atoms with Crippen LogP contribution in [0, 0.1) is 5.92 Å². The topological polar surface area (TPSA) is 12.0 Å². The molecule has 0 atom stereocenters. The van der Waals surface area contributed by atoms with Gasteiger partial charge in [0.05, 0.1) is 0 Å². The molecule has 1 heteroatoms. The van der Waals surface area contributed by atoms with Gasteiger partial charge in [0.25, 0.3) is 0 Å². The second-order valence-corrected chi connectivity index (χ2v) is 14.2. The maximum Gasteiger partial charge on any atom is -0.00488 e. The van der Waals surface area contributed by atoms with Crippen molar-refractivity contribution in [2.45, 2.75) is 220 Å². The fraction of sp³-hybridized carbons (Fsp3) is 0.822. The average molecular weight is 640 g/mol. The monoisotopic (exact) mass is 640 g/mol. The molecule has 0 aromatic heterocycles. The fourth-order valence-electron chi connectivity index (χ4n) is 6.42. The SMILES string of the molecule is CCCCC/C=C\C/C=C\CCCCCCCCC(CCCCCCCC/C=C\C/C=C\CCCCC)CCCNCCCCC. The fourth-order valence-corrected chi connectivity index (χ4v) is 6.42. The molecule has 46 heavy (non-hydrogen) atoms. The molecule has 1 nitrogen and oxygen atoms in total. The highest BCUT2D eigenvalue weighted by Gasteiger charge is 2.08. The lowest BCUT2D eigenvalue weighted by Crippen LogP contribution is -2.17. The zero-order valence-electron chi connectivity index (χ0n) is 32.0. The quantitative estimate of drug-likeness (QED) is 0.0523. The normalized spacial score (nSPS) is 12.4. The van der Waals surface area contributed by atoms with E-state index in [4.69, 9.17) is 0 Å². The van der Waals surface area contributed by atoms with Gasteiger partial charge in [-0.25, -0.2) is 0 Å². The van der Waals surface area contributed by atoms with Crippen LogP contribution in [0.15, 0.2) is 48.6 Å². The van der Waals surface area contributed by atoms with E-state index in [1.165, 1.54) is 199 Å². The summed E-state index contributed by atoms with van der Waals surface area (Å²) in [7, 11) is 0. The van der Waals surface area contributed by atoms with Crippen molar-refractivity contribution in [2.75, 3.05) is 13.1 Å². The molecule has 1 N–H and O–H groups in total. The Kier molecular flexibility index (Phi) is 41.0. The number of nitrogens with one attached hydrogen (secondary N) is 1. The van der Waals surface area contributed by atoms with Crippen LogP contribution in [-0.2, 0) is 0 Å². The van der Waals surface area contributed by atoms with Gasteiger partial charge in [0, 0.05) is 0 Å². The van der Waals surface area contributed by atoms with Crippen molar-refractivity contribution in [3.05, 3.63) is 48.6 Å². The van der Waals surface area contributed by atoms with Crippen molar-refractivity contribution >= 4 is 0 Å². The third-order valence-electron chi connectivity index (χ3n) is 9.55. The molecule has 0 saturated carbocycles. The number of allylic oxidation sites excluding steroid dienone is 8. The molecule has 0 aromatic rings. The van der Waals surface area contributed by atoms with E-state index < -0.39 is 0 Å². The summed E-state index contributed by atoms with van der Waals surface area (Å²) in [6.45, 7) is 9.30. The molecule has 0 aliphatic carbocycles. The third-order valence-corrected chi connectivity index (χ3v) is 9.55. The first-order valence-corrected chi connectivity index (χ1v) is 21.2. The van der Waals surface area contributed by atoms with Crippen LogP contribution in [0.3, 0.4) is 0 Å². The number of hydrogen-bond donors (Lipinski definition) is 1. The van der Waals surface area contributed by atoms with Gasteiger partial charge in [0.2, 0.25) is 0 Å². The van der Waals surface area contributed by atoms with Gasteiger partial charge in [0.15, 0.2) is 0 Å². The minimum absolute atomic E-state index is 0.967. The van der Waals surface area contributed by atoms with E-state index in [-0.39, 0.29) is 0 Å². The largest absolute Gasteiger partial charge is 0.317 e. The van der Waals surface area contributed by atoms with Crippen molar-refractivity contribution in [1.82, 2.24) is 5.32 Å². The number of hydrogen-bond acceptors (Lipinski definition) is 1. The highest BCUT2D eigenvalue weighted by atomic mass is 14.8. The van der Waals surface area contributed by atoms with Gasteiger partial charge in [-0.15, -0.1) is 0 Å². The molecule has 0 amide bonds. The molecule has 0 unspecified atom stereocenters. The summed E-state index contributed by atoms with van der Waals surface area (Å²) in [5, 5.41) is 3.71. The van der Waals surface area contributed by atoms with Gasteiger partial charge in [-0.3, -0.25) is 0 Å². The predicted molar refractivity (Wildman–Crippen MR) is 213 cm³/mol. The molecule has 0 rings (SSSR count). The van der Waals surface area contributed by atoms with Crippen LogP contribution in [0.25, 0.3) is 0 Å². The Bertz CT molecular complexity index is 608. The summed E-state index contributed by atoms with van der Waals surface area (Å²) in [5.41, 5.74) is 0. The van der Waals surface area contributed by atoms with Gasteiger partial charge >= 0.3 is 0 Å². The van der Waals surface area contributed by atoms with Crippen molar-refractivity contribution in [2.24, 2.45) is 5.92 Å². The Hall–Kier alpha value is -1.08. The Morgan fingerprint density at radius 2 is 0.652 bits per heavy atom. The Balaban J connectivity index is 3.92. The second kappa shape index (κ2) is 41.9. The Morgan fingerprint density at radius 3 is 1.09 bits per heavy atom. The zero-order chi connectivity index (χ0) is 33.3. The Morgan fingerprint density at radius 1 is 0.326 bits per heavy atom. The summed E-state index contributed by atoms with van der Waals surface area (Å²) >= 11 is 0. The van der Waals surface area contributed by atoms with Crippen LogP contribution in [0.1, 0.15) is 220 Å². The molecule has 0 bridgehead atoms. The highest BCUT2D eigenvalue weighted by molar-refractivity contribution is 4.93.